The zero-order chi connectivity index (χ0) is 24.5. The molecule has 2 aromatic carbocycles. The first-order valence-corrected chi connectivity index (χ1v) is 13.1. The number of piperazine rings is 1. The number of sulfonamides is 1. The van der Waals surface area contributed by atoms with Crippen LogP contribution in [0.25, 0.3) is 6.08 Å². The maximum absolute atomic E-state index is 13.2. The van der Waals surface area contributed by atoms with Gasteiger partial charge in [0.2, 0.25) is 21.8 Å². The Bertz CT molecular complexity index is 1200. The van der Waals surface area contributed by atoms with Gasteiger partial charge in [-0.25, -0.2) is 8.42 Å². The van der Waals surface area contributed by atoms with E-state index in [4.69, 9.17) is 0 Å². The molecule has 1 fully saturated rings. The Balaban J connectivity index is 1.42. The predicted octanol–water partition coefficient (Wildman–Crippen LogP) is 3.61. The monoisotopic (exact) mass is 481 g/mol. The topological polar surface area (TPSA) is 78.0 Å². The third kappa shape index (κ3) is 4.79. The van der Waals surface area contributed by atoms with Crippen LogP contribution in [-0.4, -0.2) is 60.5 Å². The van der Waals surface area contributed by atoms with Gasteiger partial charge >= 0.3 is 0 Å². The van der Waals surface area contributed by atoms with Crippen molar-refractivity contribution in [2.75, 3.05) is 26.2 Å². The molecule has 4 rings (SSSR count). The molecule has 1 atom stereocenters. The van der Waals surface area contributed by atoms with Gasteiger partial charge in [0.05, 0.1) is 17.4 Å². The molecule has 2 amide bonds. The van der Waals surface area contributed by atoms with Gasteiger partial charge in [0, 0.05) is 39.3 Å². The summed E-state index contributed by atoms with van der Waals surface area (Å²) in [5, 5.41) is 0. The van der Waals surface area contributed by atoms with Gasteiger partial charge in [-0.05, 0) is 40.8 Å². The molecule has 1 saturated heterocycles. The van der Waals surface area contributed by atoms with Gasteiger partial charge in [-0.1, -0.05) is 50.2 Å². The first-order valence-electron chi connectivity index (χ1n) is 11.6. The molecular formula is C26H31N3O4S. The molecule has 8 heteroatoms. The first-order chi connectivity index (χ1) is 16.2. The Hall–Kier alpha value is -2.97. The summed E-state index contributed by atoms with van der Waals surface area (Å²) < 4.78 is 27.6. The van der Waals surface area contributed by atoms with Crippen LogP contribution in [0.5, 0.6) is 0 Å². The third-order valence-electron chi connectivity index (χ3n) is 6.61. The molecule has 0 radical (unpaired) electrons. The van der Waals surface area contributed by atoms with Crippen LogP contribution in [0.2, 0.25) is 0 Å². The van der Waals surface area contributed by atoms with Gasteiger partial charge in [0.25, 0.3) is 0 Å². The number of nitrogens with zero attached hydrogens (tertiary/aromatic N) is 3. The SMILES string of the molecule is CC(=O)N1C=Cc2ccccc2[C@@H]1CC(=O)N1CCN(S(=O)(=O)c2ccc(C(C)C)cc2)CC1. The number of amides is 2. The molecule has 0 saturated carbocycles. The van der Waals surface area contributed by atoms with E-state index < -0.39 is 10.0 Å². The second kappa shape index (κ2) is 9.72. The van der Waals surface area contributed by atoms with Gasteiger partial charge < -0.3 is 9.80 Å². The van der Waals surface area contributed by atoms with E-state index in [1.54, 1.807) is 28.1 Å². The van der Waals surface area contributed by atoms with Crippen molar-refractivity contribution in [3.8, 4) is 0 Å². The van der Waals surface area contributed by atoms with Crippen LogP contribution in [0.1, 0.15) is 55.8 Å². The highest BCUT2D eigenvalue weighted by molar-refractivity contribution is 7.89. The van der Waals surface area contributed by atoms with E-state index in [9.17, 15) is 18.0 Å². The van der Waals surface area contributed by atoms with Crippen molar-refractivity contribution >= 4 is 27.9 Å². The van der Waals surface area contributed by atoms with Crippen molar-refractivity contribution < 1.29 is 18.0 Å². The quantitative estimate of drug-likeness (QED) is 0.654. The summed E-state index contributed by atoms with van der Waals surface area (Å²) in [6.07, 6.45) is 3.77. The zero-order valence-electron chi connectivity index (χ0n) is 19.8. The maximum Gasteiger partial charge on any atom is 0.243 e. The Morgan fingerprint density at radius 1 is 0.971 bits per heavy atom. The van der Waals surface area contributed by atoms with Gasteiger partial charge in [-0.2, -0.15) is 4.31 Å². The van der Waals surface area contributed by atoms with E-state index in [0.717, 1.165) is 16.7 Å². The van der Waals surface area contributed by atoms with Crippen LogP contribution < -0.4 is 0 Å². The summed E-state index contributed by atoms with van der Waals surface area (Å²) in [6.45, 7) is 6.77. The van der Waals surface area contributed by atoms with Crippen molar-refractivity contribution in [1.29, 1.82) is 0 Å². The molecule has 0 aliphatic carbocycles. The fourth-order valence-corrected chi connectivity index (χ4v) is 5.98. The number of carbonyl (C=O) groups is 2. The van der Waals surface area contributed by atoms with E-state index >= 15 is 0 Å². The number of benzene rings is 2. The van der Waals surface area contributed by atoms with Crippen molar-refractivity contribution in [2.45, 2.75) is 44.0 Å². The van der Waals surface area contributed by atoms with E-state index in [2.05, 4.69) is 13.8 Å². The van der Waals surface area contributed by atoms with E-state index in [-0.39, 0.29) is 42.3 Å². The molecule has 2 aromatic rings. The highest BCUT2D eigenvalue weighted by Crippen LogP contribution is 2.33. The van der Waals surface area contributed by atoms with Gasteiger partial charge in [0.1, 0.15) is 0 Å². The fourth-order valence-electron chi connectivity index (χ4n) is 4.56. The number of rotatable bonds is 5. The molecule has 180 valence electrons. The van der Waals surface area contributed by atoms with Crippen molar-refractivity contribution in [2.24, 2.45) is 0 Å². The summed E-state index contributed by atoms with van der Waals surface area (Å²) in [6, 6.07) is 14.4. The van der Waals surface area contributed by atoms with Gasteiger partial charge in [-0.3, -0.25) is 9.59 Å². The average Bonchev–Trinajstić information content (AvgIpc) is 2.84. The summed E-state index contributed by atoms with van der Waals surface area (Å²) in [7, 11) is -3.61. The van der Waals surface area contributed by atoms with Crippen LogP contribution >= 0.6 is 0 Å². The lowest BCUT2D eigenvalue weighted by Gasteiger charge is -2.37. The van der Waals surface area contributed by atoms with Crippen molar-refractivity contribution in [1.82, 2.24) is 14.1 Å². The molecule has 0 bridgehead atoms. The second-order valence-electron chi connectivity index (χ2n) is 9.10. The predicted molar refractivity (Wildman–Crippen MR) is 131 cm³/mol. The Morgan fingerprint density at radius 3 is 2.24 bits per heavy atom. The molecule has 7 nitrogen and oxygen atoms in total. The molecule has 0 N–H and O–H groups in total. The number of carbonyl (C=O) groups excluding carboxylic acids is 2. The molecule has 34 heavy (non-hydrogen) atoms. The largest absolute Gasteiger partial charge is 0.340 e. The smallest absolute Gasteiger partial charge is 0.243 e. The highest BCUT2D eigenvalue weighted by Gasteiger charge is 2.33. The minimum atomic E-state index is -3.61. The summed E-state index contributed by atoms with van der Waals surface area (Å²) in [5.74, 6) is 0.125. The van der Waals surface area contributed by atoms with Crippen LogP contribution in [0.3, 0.4) is 0 Å². The van der Waals surface area contributed by atoms with E-state index in [1.807, 2.05) is 42.5 Å². The van der Waals surface area contributed by atoms with E-state index in [1.165, 1.54) is 11.2 Å². The zero-order valence-corrected chi connectivity index (χ0v) is 20.7. The molecule has 0 unspecified atom stereocenters. The molecule has 2 heterocycles. The lowest BCUT2D eigenvalue weighted by atomic mass is 9.93. The first kappa shape index (κ1) is 24.2. The van der Waals surface area contributed by atoms with Crippen molar-refractivity contribution in [3.63, 3.8) is 0 Å². The van der Waals surface area contributed by atoms with Gasteiger partial charge in [-0.15, -0.1) is 0 Å². The summed E-state index contributed by atoms with van der Waals surface area (Å²) >= 11 is 0. The summed E-state index contributed by atoms with van der Waals surface area (Å²) in [5.41, 5.74) is 3.03. The van der Waals surface area contributed by atoms with Crippen molar-refractivity contribution in [3.05, 3.63) is 71.4 Å². The minimum Gasteiger partial charge on any atom is -0.340 e. The maximum atomic E-state index is 13.2. The standard InChI is InChI=1S/C26H31N3O4S/c1-19(2)21-8-10-23(11-9-21)34(32,33)28-16-14-27(15-17-28)26(31)18-25-24-7-5-4-6-22(24)12-13-29(25)20(3)30/h4-13,19,25H,14-18H2,1-3H3/t25-/m0/s1. The van der Waals surface area contributed by atoms with Crippen LogP contribution in [0, 0.1) is 0 Å². The Kier molecular flexibility index (Phi) is 6.91. The Morgan fingerprint density at radius 2 is 1.62 bits per heavy atom. The Labute approximate surface area is 201 Å². The van der Waals surface area contributed by atoms with Crippen LogP contribution in [0.15, 0.2) is 59.6 Å². The summed E-state index contributed by atoms with van der Waals surface area (Å²) in [4.78, 5) is 28.9. The molecule has 0 spiro atoms. The minimum absolute atomic E-state index is 0.0836. The normalized spacial score (nSPS) is 18.8. The van der Waals surface area contributed by atoms with E-state index in [0.29, 0.717) is 19.0 Å². The van der Waals surface area contributed by atoms with Crippen LogP contribution in [-0.2, 0) is 19.6 Å². The lowest BCUT2D eigenvalue weighted by molar-refractivity contribution is -0.135. The van der Waals surface area contributed by atoms with Gasteiger partial charge in [0.15, 0.2) is 0 Å². The molecule has 2 aliphatic rings. The lowest BCUT2D eigenvalue weighted by Crippen LogP contribution is -2.51. The number of hydrogen-bond acceptors (Lipinski definition) is 4. The molecule has 2 aliphatic heterocycles. The second-order valence-corrected chi connectivity index (χ2v) is 11.0. The molecular weight excluding hydrogens is 450 g/mol. The average molecular weight is 482 g/mol. The number of fused-ring (bicyclic) bond motifs is 1. The number of hydrogen-bond donors (Lipinski definition) is 0. The fraction of sp³-hybridized carbons (Fsp3) is 0.385. The highest BCUT2D eigenvalue weighted by atomic mass is 32.2. The third-order valence-corrected chi connectivity index (χ3v) is 8.53. The molecule has 0 aromatic heterocycles. The van der Waals surface area contributed by atoms with Crippen LogP contribution in [0.4, 0.5) is 0 Å².